The third kappa shape index (κ3) is 6.02. The Morgan fingerprint density at radius 1 is 1.38 bits per heavy atom. The largest absolute Gasteiger partial charge is 0.444 e. The second-order valence-corrected chi connectivity index (χ2v) is 5.21. The minimum atomic E-state index is 0.558. The molecular formula is C16H28N4O. The molecule has 5 nitrogen and oxygen atoms in total. The number of rotatable bonds is 8. The molecule has 1 heterocycles. The number of guanidine groups is 1. The summed E-state index contributed by atoms with van der Waals surface area (Å²) >= 11 is 0. The zero-order chi connectivity index (χ0) is 15.7. The molecule has 0 unspecified atom stereocenters. The predicted octanol–water partition coefficient (Wildman–Crippen LogP) is 3.05. The molecule has 118 valence electrons. The maximum absolute atomic E-state index is 5.56. The molecule has 5 heteroatoms. The molecule has 0 aliphatic carbocycles. The van der Waals surface area contributed by atoms with Crippen LogP contribution in [0, 0.1) is 13.8 Å². The molecule has 0 fully saturated rings. The monoisotopic (exact) mass is 292 g/mol. The fourth-order valence-electron chi connectivity index (χ4n) is 2.07. The fraction of sp³-hybridized carbons (Fsp3) is 0.625. The summed E-state index contributed by atoms with van der Waals surface area (Å²) < 4.78 is 5.56. The summed E-state index contributed by atoms with van der Waals surface area (Å²) in [5, 5.41) is 3.28. The SMILES string of the molecule is C=CCCCCCN(C)C(=NC)NCc1nc(C)c(C)o1. The smallest absolute Gasteiger partial charge is 0.214 e. The van der Waals surface area contributed by atoms with Crippen molar-refractivity contribution in [2.45, 2.75) is 46.1 Å². The van der Waals surface area contributed by atoms with E-state index >= 15 is 0 Å². The van der Waals surface area contributed by atoms with Gasteiger partial charge >= 0.3 is 0 Å². The summed E-state index contributed by atoms with van der Waals surface area (Å²) in [6.07, 6.45) is 6.65. The molecule has 0 bridgehead atoms. The van der Waals surface area contributed by atoms with Crippen molar-refractivity contribution < 1.29 is 4.42 Å². The van der Waals surface area contributed by atoms with Gasteiger partial charge in [0.05, 0.1) is 12.2 Å². The topological polar surface area (TPSA) is 53.7 Å². The summed E-state index contributed by atoms with van der Waals surface area (Å²) in [6, 6.07) is 0. The molecule has 0 amide bonds. The lowest BCUT2D eigenvalue weighted by atomic mass is 10.2. The fourth-order valence-corrected chi connectivity index (χ4v) is 2.07. The van der Waals surface area contributed by atoms with Crippen LogP contribution < -0.4 is 5.32 Å². The lowest BCUT2D eigenvalue weighted by Gasteiger charge is -2.21. The van der Waals surface area contributed by atoms with Crippen molar-refractivity contribution in [3.8, 4) is 0 Å². The average molecular weight is 292 g/mol. The highest BCUT2D eigenvalue weighted by Crippen LogP contribution is 2.08. The Hall–Kier alpha value is -1.78. The van der Waals surface area contributed by atoms with Crippen molar-refractivity contribution in [1.29, 1.82) is 0 Å². The normalized spacial score (nSPS) is 11.5. The molecule has 1 aromatic rings. The number of unbranched alkanes of at least 4 members (excludes halogenated alkanes) is 3. The lowest BCUT2D eigenvalue weighted by molar-refractivity contribution is 0.435. The van der Waals surface area contributed by atoms with Crippen LogP contribution in [0.1, 0.15) is 43.0 Å². The molecule has 21 heavy (non-hydrogen) atoms. The number of aliphatic imine (C=N–C) groups is 1. The molecule has 0 saturated carbocycles. The number of allylic oxidation sites excluding steroid dienone is 1. The third-order valence-electron chi connectivity index (χ3n) is 3.45. The van der Waals surface area contributed by atoms with Crippen molar-refractivity contribution in [2.75, 3.05) is 20.6 Å². The molecular weight excluding hydrogens is 264 g/mol. The van der Waals surface area contributed by atoms with E-state index in [-0.39, 0.29) is 0 Å². The second kappa shape index (κ2) is 9.21. The molecule has 1 N–H and O–H groups in total. The first-order valence-corrected chi connectivity index (χ1v) is 7.54. The van der Waals surface area contributed by atoms with Crippen LogP contribution in [0.2, 0.25) is 0 Å². The Balaban J connectivity index is 2.34. The number of nitrogens with one attached hydrogen (secondary N) is 1. The van der Waals surface area contributed by atoms with Crippen molar-refractivity contribution in [3.63, 3.8) is 0 Å². The van der Waals surface area contributed by atoms with E-state index in [1.165, 1.54) is 12.8 Å². The van der Waals surface area contributed by atoms with E-state index in [4.69, 9.17) is 4.42 Å². The van der Waals surface area contributed by atoms with Gasteiger partial charge in [0.2, 0.25) is 5.89 Å². The van der Waals surface area contributed by atoms with E-state index in [2.05, 4.69) is 33.8 Å². The van der Waals surface area contributed by atoms with Crippen LogP contribution >= 0.6 is 0 Å². The maximum Gasteiger partial charge on any atom is 0.214 e. The summed E-state index contributed by atoms with van der Waals surface area (Å²) in [4.78, 5) is 10.8. The van der Waals surface area contributed by atoms with Crippen LogP contribution in [-0.2, 0) is 6.54 Å². The van der Waals surface area contributed by atoms with Gasteiger partial charge < -0.3 is 14.6 Å². The Morgan fingerprint density at radius 3 is 2.71 bits per heavy atom. The highest BCUT2D eigenvalue weighted by Gasteiger charge is 2.09. The van der Waals surface area contributed by atoms with Gasteiger partial charge in [-0.05, 0) is 33.1 Å². The molecule has 0 radical (unpaired) electrons. The van der Waals surface area contributed by atoms with Crippen LogP contribution in [0.3, 0.4) is 0 Å². The number of aromatic nitrogens is 1. The Labute approximate surface area is 128 Å². The highest BCUT2D eigenvalue weighted by molar-refractivity contribution is 5.79. The van der Waals surface area contributed by atoms with Gasteiger partial charge in [-0.1, -0.05) is 12.5 Å². The van der Waals surface area contributed by atoms with Gasteiger partial charge in [-0.25, -0.2) is 4.98 Å². The van der Waals surface area contributed by atoms with Gasteiger partial charge in [0, 0.05) is 20.6 Å². The zero-order valence-corrected chi connectivity index (χ0v) is 13.8. The quantitative estimate of drug-likeness (QED) is 0.346. The second-order valence-electron chi connectivity index (χ2n) is 5.21. The van der Waals surface area contributed by atoms with Gasteiger partial charge in [0.15, 0.2) is 5.96 Å². The van der Waals surface area contributed by atoms with E-state index in [1.54, 1.807) is 7.05 Å². The van der Waals surface area contributed by atoms with Gasteiger partial charge in [-0.3, -0.25) is 4.99 Å². The molecule has 1 rings (SSSR count). The Kier molecular flexibility index (Phi) is 7.58. The number of hydrogen-bond donors (Lipinski definition) is 1. The molecule has 0 atom stereocenters. The Morgan fingerprint density at radius 2 is 2.14 bits per heavy atom. The van der Waals surface area contributed by atoms with Gasteiger partial charge in [0.25, 0.3) is 0 Å². The predicted molar refractivity (Wildman–Crippen MR) is 87.5 cm³/mol. The number of oxazole rings is 1. The highest BCUT2D eigenvalue weighted by atomic mass is 16.4. The summed E-state index contributed by atoms with van der Waals surface area (Å²) in [7, 11) is 3.84. The van der Waals surface area contributed by atoms with E-state index < -0.39 is 0 Å². The summed E-state index contributed by atoms with van der Waals surface area (Å²) in [5.74, 6) is 2.44. The number of nitrogens with zero attached hydrogens (tertiary/aromatic N) is 3. The van der Waals surface area contributed by atoms with Crippen LogP contribution in [0.5, 0.6) is 0 Å². The van der Waals surface area contributed by atoms with Crippen molar-refractivity contribution >= 4 is 5.96 Å². The van der Waals surface area contributed by atoms with E-state index in [1.807, 2.05) is 19.9 Å². The first kappa shape index (κ1) is 17.3. The Bertz CT molecular complexity index is 445. The average Bonchev–Trinajstić information content (AvgIpc) is 2.78. The van der Waals surface area contributed by atoms with Crippen LogP contribution in [0.15, 0.2) is 22.1 Å². The number of aryl methyl sites for hydroxylation is 2. The first-order chi connectivity index (χ1) is 10.1. The molecule has 0 aromatic carbocycles. The minimum absolute atomic E-state index is 0.558. The van der Waals surface area contributed by atoms with Crippen molar-refractivity contribution in [1.82, 2.24) is 15.2 Å². The molecule has 1 aromatic heterocycles. The van der Waals surface area contributed by atoms with Gasteiger partial charge in [-0.2, -0.15) is 0 Å². The van der Waals surface area contributed by atoms with E-state index in [0.29, 0.717) is 12.4 Å². The van der Waals surface area contributed by atoms with E-state index in [9.17, 15) is 0 Å². The third-order valence-corrected chi connectivity index (χ3v) is 3.45. The van der Waals surface area contributed by atoms with Crippen LogP contribution in [0.25, 0.3) is 0 Å². The first-order valence-electron chi connectivity index (χ1n) is 7.54. The van der Waals surface area contributed by atoms with Gasteiger partial charge in [-0.15, -0.1) is 6.58 Å². The lowest BCUT2D eigenvalue weighted by Crippen LogP contribution is -2.39. The van der Waals surface area contributed by atoms with Crippen molar-refractivity contribution in [3.05, 3.63) is 30.0 Å². The maximum atomic E-state index is 5.56. The van der Waals surface area contributed by atoms with Gasteiger partial charge in [0.1, 0.15) is 5.76 Å². The molecule has 0 aliphatic rings. The van der Waals surface area contributed by atoms with E-state index in [0.717, 1.165) is 36.8 Å². The summed E-state index contributed by atoms with van der Waals surface area (Å²) in [6.45, 7) is 9.16. The minimum Gasteiger partial charge on any atom is -0.444 e. The number of hydrogen-bond acceptors (Lipinski definition) is 3. The molecule has 0 saturated heterocycles. The molecule has 0 spiro atoms. The van der Waals surface area contributed by atoms with Crippen LogP contribution in [-0.4, -0.2) is 36.5 Å². The standard InChI is InChI=1S/C16H28N4O/c1-6-7-8-9-10-11-20(5)16(17-4)18-12-15-19-13(2)14(3)21-15/h6H,1,7-12H2,2-5H3,(H,17,18). The molecule has 0 aliphatic heterocycles. The summed E-state index contributed by atoms with van der Waals surface area (Å²) in [5.41, 5.74) is 0.942. The van der Waals surface area contributed by atoms with Crippen LogP contribution in [0.4, 0.5) is 0 Å². The van der Waals surface area contributed by atoms with Crippen molar-refractivity contribution in [2.24, 2.45) is 4.99 Å². The zero-order valence-electron chi connectivity index (χ0n) is 13.8.